The van der Waals surface area contributed by atoms with Crippen LogP contribution in [0.2, 0.25) is 0 Å². The van der Waals surface area contributed by atoms with Gasteiger partial charge in [-0.1, -0.05) is 22.9 Å². The quantitative estimate of drug-likeness (QED) is 0.829. The molecule has 0 spiro atoms. The lowest BCUT2D eigenvalue weighted by Gasteiger charge is -2.06. The van der Waals surface area contributed by atoms with E-state index in [4.69, 9.17) is 5.11 Å². The van der Waals surface area contributed by atoms with E-state index in [2.05, 4.69) is 15.9 Å². The first kappa shape index (κ1) is 10.1. The number of benzene rings is 1. The minimum Gasteiger partial charge on any atom is -0.395 e. The number of hydrogen-bond acceptors (Lipinski definition) is 2. The van der Waals surface area contributed by atoms with Crippen LogP contribution in [0.4, 0.5) is 0 Å². The fourth-order valence-electron chi connectivity index (χ4n) is 0.783. The summed E-state index contributed by atoms with van der Waals surface area (Å²) in [6, 6.07) is 8.10. The summed E-state index contributed by atoms with van der Waals surface area (Å²) in [6.07, 6.45) is 0. The third kappa shape index (κ3) is 3.17. The van der Waals surface area contributed by atoms with Crippen molar-refractivity contribution in [2.75, 3.05) is 6.61 Å². The third-order valence-corrected chi connectivity index (χ3v) is 3.03. The smallest absolute Gasteiger partial charge is 0.0550 e. The van der Waals surface area contributed by atoms with E-state index in [0.29, 0.717) is 0 Å². The van der Waals surface area contributed by atoms with Crippen molar-refractivity contribution in [3.05, 3.63) is 28.7 Å². The van der Waals surface area contributed by atoms with Gasteiger partial charge in [0.1, 0.15) is 0 Å². The molecule has 12 heavy (non-hydrogen) atoms. The van der Waals surface area contributed by atoms with Crippen LogP contribution in [0, 0.1) is 0 Å². The Hall–Kier alpha value is 0.01000. The van der Waals surface area contributed by atoms with E-state index in [0.717, 1.165) is 4.47 Å². The molecule has 1 nitrogen and oxygen atoms in total. The zero-order valence-electron chi connectivity index (χ0n) is 6.83. The molecule has 0 aliphatic heterocycles. The molecule has 1 N–H and O–H groups in total. The highest BCUT2D eigenvalue weighted by molar-refractivity contribution is 9.10. The fraction of sp³-hybridized carbons (Fsp3) is 0.333. The number of thioether (sulfide) groups is 1. The third-order valence-electron chi connectivity index (χ3n) is 1.41. The molecule has 0 unspecified atom stereocenters. The molecule has 66 valence electrons. The minimum atomic E-state index is 0.223. The second-order valence-electron chi connectivity index (χ2n) is 2.56. The van der Waals surface area contributed by atoms with Gasteiger partial charge in [0, 0.05) is 14.6 Å². The summed E-state index contributed by atoms with van der Waals surface area (Å²) in [5, 5.41) is 9.09. The SMILES string of the molecule is C[C@H](CO)Sc1ccc(Br)cc1. The van der Waals surface area contributed by atoms with E-state index in [-0.39, 0.29) is 11.9 Å². The van der Waals surface area contributed by atoms with Crippen LogP contribution in [0.1, 0.15) is 6.92 Å². The van der Waals surface area contributed by atoms with Crippen LogP contribution in [0.5, 0.6) is 0 Å². The molecular formula is C9H11BrOS. The largest absolute Gasteiger partial charge is 0.395 e. The number of hydrogen-bond donors (Lipinski definition) is 1. The van der Waals surface area contributed by atoms with E-state index in [9.17, 15) is 0 Å². The van der Waals surface area contributed by atoms with Crippen LogP contribution in [-0.2, 0) is 0 Å². The second-order valence-corrected chi connectivity index (χ2v) is 4.99. The molecule has 0 saturated heterocycles. The first-order valence-electron chi connectivity index (χ1n) is 3.75. The Morgan fingerprint density at radius 1 is 1.42 bits per heavy atom. The summed E-state index contributed by atoms with van der Waals surface area (Å²) < 4.78 is 1.09. The molecule has 1 rings (SSSR count). The Balaban J connectivity index is 2.58. The zero-order chi connectivity index (χ0) is 8.97. The van der Waals surface area contributed by atoms with Gasteiger partial charge < -0.3 is 5.11 Å². The van der Waals surface area contributed by atoms with E-state index >= 15 is 0 Å². The first-order chi connectivity index (χ1) is 5.72. The molecule has 1 aromatic carbocycles. The molecule has 0 fully saturated rings. The monoisotopic (exact) mass is 246 g/mol. The highest BCUT2D eigenvalue weighted by Gasteiger charge is 2.01. The average Bonchev–Trinajstić information content (AvgIpc) is 2.09. The van der Waals surface area contributed by atoms with Crippen molar-refractivity contribution in [1.82, 2.24) is 0 Å². The Bertz CT molecular complexity index is 235. The van der Waals surface area contributed by atoms with Crippen molar-refractivity contribution in [1.29, 1.82) is 0 Å². The molecule has 0 heterocycles. The average molecular weight is 247 g/mol. The molecule has 0 aliphatic rings. The predicted molar refractivity (Wildman–Crippen MR) is 56.5 cm³/mol. The molecule has 3 heteroatoms. The second kappa shape index (κ2) is 4.90. The molecule has 0 bridgehead atoms. The van der Waals surface area contributed by atoms with Crippen LogP contribution in [0.3, 0.4) is 0 Å². The number of aliphatic hydroxyl groups excluding tert-OH is 1. The number of halogens is 1. The maximum absolute atomic E-state index is 8.82. The van der Waals surface area contributed by atoms with Gasteiger partial charge in [-0.3, -0.25) is 0 Å². The Morgan fingerprint density at radius 3 is 2.50 bits per heavy atom. The van der Waals surface area contributed by atoms with E-state index < -0.39 is 0 Å². The van der Waals surface area contributed by atoms with Gasteiger partial charge in [0.25, 0.3) is 0 Å². The van der Waals surface area contributed by atoms with Crippen molar-refractivity contribution in [3.63, 3.8) is 0 Å². The Kier molecular flexibility index (Phi) is 4.12. The lowest BCUT2D eigenvalue weighted by Crippen LogP contribution is -2.00. The highest BCUT2D eigenvalue weighted by Crippen LogP contribution is 2.24. The fourth-order valence-corrected chi connectivity index (χ4v) is 1.88. The van der Waals surface area contributed by atoms with Crippen LogP contribution in [-0.4, -0.2) is 17.0 Å². The lowest BCUT2D eigenvalue weighted by atomic mass is 10.4. The normalized spacial score (nSPS) is 12.9. The molecular weight excluding hydrogens is 236 g/mol. The van der Waals surface area contributed by atoms with Crippen molar-refractivity contribution < 1.29 is 5.11 Å². The van der Waals surface area contributed by atoms with Gasteiger partial charge in [0.15, 0.2) is 0 Å². The van der Waals surface area contributed by atoms with Crippen LogP contribution >= 0.6 is 27.7 Å². The van der Waals surface area contributed by atoms with Crippen molar-refractivity contribution in [2.45, 2.75) is 17.1 Å². The highest BCUT2D eigenvalue weighted by atomic mass is 79.9. The molecule has 1 atom stereocenters. The lowest BCUT2D eigenvalue weighted by molar-refractivity contribution is 0.300. The van der Waals surface area contributed by atoms with E-state index in [1.54, 1.807) is 11.8 Å². The number of rotatable bonds is 3. The van der Waals surface area contributed by atoms with Gasteiger partial charge in [0.2, 0.25) is 0 Å². The molecule has 0 saturated carbocycles. The summed E-state index contributed by atoms with van der Waals surface area (Å²) in [6.45, 7) is 2.23. The van der Waals surface area contributed by atoms with Crippen molar-refractivity contribution in [3.8, 4) is 0 Å². The molecule has 1 aromatic rings. The van der Waals surface area contributed by atoms with Gasteiger partial charge in [-0.05, 0) is 24.3 Å². The van der Waals surface area contributed by atoms with Crippen LogP contribution in [0.15, 0.2) is 33.6 Å². The van der Waals surface area contributed by atoms with Crippen LogP contribution < -0.4 is 0 Å². The van der Waals surface area contributed by atoms with Crippen LogP contribution in [0.25, 0.3) is 0 Å². The summed E-state index contributed by atoms with van der Waals surface area (Å²) >= 11 is 5.05. The van der Waals surface area contributed by atoms with Crippen molar-refractivity contribution in [2.24, 2.45) is 0 Å². The van der Waals surface area contributed by atoms with Gasteiger partial charge in [-0.2, -0.15) is 0 Å². The van der Waals surface area contributed by atoms with Gasteiger partial charge in [0.05, 0.1) is 6.61 Å². The maximum atomic E-state index is 8.82. The van der Waals surface area contributed by atoms with Gasteiger partial charge >= 0.3 is 0 Å². The van der Waals surface area contributed by atoms with E-state index in [1.807, 2.05) is 31.2 Å². The van der Waals surface area contributed by atoms with Gasteiger partial charge in [-0.15, -0.1) is 11.8 Å². The van der Waals surface area contributed by atoms with Gasteiger partial charge in [-0.25, -0.2) is 0 Å². The Labute approximate surface area is 85.3 Å². The number of aliphatic hydroxyl groups is 1. The molecule has 0 aromatic heterocycles. The molecule has 0 aliphatic carbocycles. The summed E-state index contributed by atoms with van der Waals surface area (Å²) in [5.74, 6) is 0. The Morgan fingerprint density at radius 2 is 2.00 bits per heavy atom. The summed E-state index contributed by atoms with van der Waals surface area (Å²) in [5.41, 5.74) is 0. The summed E-state index contributed by atoms with van der Waals surface area (Å²) in [4.78, 5) is 1.19. The zero-order valence-corrected chi connectivity index (χ0v) is 9.23. The standard InChI is InChI=1S/C9H11BrOS/c1-7(6-11)12-9-4-2-8(10)3-5-9/h2-5,7,11H,6H2,1H3/t7-/m1/s1. The summed E-state index contributed by atoms with van der Waals surface area (Å²) in [7, 11) is 0. The molecule has 0 radical (unpaired) electrons. The topological polar surface area (TPSA) is 20.2 Å². The van der Waals surface area contributed by atoms with Crippen molar-refractivity contribution >= 4 is 27.7 Å². The minimum absolute atomic E-state index is 0.223. The maximum Gasteiger partial charge on any atom is 0.0550 e. The van der Waals surface area contributed by atoms with E-state index in [1.165, 1.54) is 4.90 Å². The molecule has 0 amide bonds. The predicted octanol–water partition coefficient (Wildman–Crippen LogP) is 2.92. The first-order valence-corrected chi connectivity index (χ1v) is 5.42.